The minimum atomic E-state index is -0.0621. The highest BCUT2D eigenvalue weighted by Crippen LogP contribution is 2.25. The normalized spacial score (nSPS) is 14.3. The van der Waals surface area contributed by atoms with Crippen LogP contribution in [-0.4, -0.2) is 67.1 Å². The Kier molecular flexibility index (Phi) is 7.77. The van der Waals surface area contributed by atoms with Crippen LogP contribution in [-0.2, 0) is 17.6 Å². The number of ketones is 1. The van der Waals surface area contributed by atoms with E-state index < -0.39 is 0 Å². The largest absolute Gasteiger partial charge is 0.464 e. The third kappa shape index (κ3) is 5.98. The standard InChI is InChI=1S/C29H33N5O3/c1-3-33-11-13-34(14-12-33)25-8-6-24(7-9-25)32-29-30-18-21(19-31-29)4-5-22-16-23(27(35)20-36-2)17-28-26(22)10-15-37-28/h6-10,15-19H,3-5,11-14,20H2,1-2H3,(H,30,31,32). The molecule has 192 valence electrons. The second-order valence-electron chi connectivity index (χ2n) is 9.33. The number of hydrogen-bond donors (Lipinski definition) is 1. The average molecular weight is 500 g/mol. The number of benzene rings is 2. The Morgan fingerprint density at radius 1 is 1.03 bits per heavy atom. The Hall–Kier alpha value is -3.75. The first-order chi connectivity index (χ1) is 18.1. The van der Waals surface area contributed by atoms with E-state index in [4.69, 9.17) is 9.15 Å². The molecule has 0 spiro atoms. The van der Waals surface area contributed by atoms with Crippen molar-refractivity contribution < 1.29 is 13.9 Å². The fourth-order valence-electron chi connectivity index (χ4n) is 4.76. The van der Waals surface area contributed by atoms with E-state index in [1.165, 1.54) is 12.8 Å². The first-order valence-electron chi connectivity index (χ1n) is 12.8. The number of methoxy groups -OCH3 is 1. The van der Waals surface area contributed by atoms with Crippen LogP contribution in [0, 0.1) is 0 Å². The molecule has 8 nitrogen and oxygen atoms in total. The first kappa shape index (κ1) is 24.9. The number of rotatable bonds is 10. The highest BCUT2D eigenvalue weighted by molar-refractivity contribution is 6.00. The Morgan fingerprint density at radius 2 is 1.78 bits per heavy atom. The zero-order chi connectivity index (χ0) is 25.6. The number of nitrogens with one attached hydrogen (secondary N) is 1. The molecule has 3 heterocycles. The van der Waals surface area contributed by atoms with Crippen LogP contribution >= 0.6 is 0 Å². The fourth-order valence-corrected chi connectivity index (χ4v) is 4.76. The lowest BCUT2D eigenvalue weighted by Crippen LogP contribution is -2.46. The van der Waals surface area contributed by atoms with Crippen molar-refractivity contribution in [3.63, 3.8) is 0 Å². The molecule has 0 aliphatic carbocycles. The number of furan rings is 1. The lowest BCUT2D eigenvalue weighted by molar-refractivity contribution is 0.0848. The minimum Gasteiger partial charge on any atom is -0.464 e. The molecule has 0 amide bonds. The number of aromatic nitrogens is 2. The average Bonchev–Trinajstić information content (AvgIpc) is 3.42. The molecule has 0 atom stereocenters. The molecule has 0 radical (unpaired) electrons. The number of carbonyl (C=O) groups is 1. The van der Waals surface area contributed by atoms with Crippen molar-refractivity contribution in [3.8, 4) is 0 Å². The number of aryl methyl sites for hydroxylation is 2. The van der Waals surface area contributed by atoms with Gasteiger partial charge in [0.25, 0.3) is 0 Å². The van der Waals surface area contributed by atoms with Crippen LogP contribution < -0.4 is 10.2 Å². The smallest absolute Gasteiger partial charge is 0.227 e. The Bertz CT molecular complexity index is 1330. The first-order valence-corrected chi connectivity index (χ1v) is 12.8. The lowest BCUT2D eigenvalue weighted by atomic mass is 9.99. The third-order valence-electron chi connectivity index (χ3n) is 6.95. The quantitative estimate of drug-likeness (QED) is 0.314. The van der Waals surface area contributed by atoms with Crippen molar-refractivity contribution in [2.75, 3.05) is 56.7 Å². The molecular weight excluding hydrogens is 466 g/mol. The van der Waals surface area contributed by atoms with Gasteiger partial charge in [0.15, 0.2) is 5.78 Å². The van der Waals surface area contributed by atoms with E-state index in [1.54, 1.807) is 12.3 Å². The maximum Gasteiger partial charge on any atom is 0.227 e. The zero-order valence-corrected chi connectivity index (χ0v) is 21.4. The van der Waals surface area contributed by atoms with Crippen molar-refractivity contribution in [1.29, 1.82) is 0 Å². The van der Waals surface area contributed by atoms with Gasteiger partial charge in [-0.05, 0) is 73.0 Å². The third-order valence-corrected chi connectivity index (χ3v) is 6.95. The number of likely N-dealkylation sites (N-methyl/N-ethyl adjacent to an activating group) is 1. The molecule has 1 aliphatic rings. The predicted octanol–water partition coefficient (Wildman–Crippen LogP) is 4.72. The van der Waals surface area contributed by atoms with Gasteiger partial charge in [-0.15, -0.1) is 0 Å². The van der Waals surface area contributed by atoms with Crippen LogP contribution in [0.15, 0.2) is 65.5 Å². The number of hydrogen-bond acceptors (Lipinski definition) is 8. The summed E-state index contributed by atoms with van der Waals surface area (Å²) in [6.07, 6.45) is 6.85. The summed E-state index contributed by atoms with van der Waals surface area (Å²) >= 11 is 0. The van der Waals surface area contributed by atoms with Crippen LogP contribution in [0.1, 0.15) is 28.4 Å². The summed E-state index contributed by atoms with van der Waals surface area (Å²) < 4.78 is 10.6. The second kappa shape index (κ2) is 11.5. The number of piperazine rings is 1. The molecule has 2 aromatic heterocycles. The van der Waals surface area contributed by atoms with E-state index in [0.29, 0.717) is 17.1 Å². The number of nitrogens with zero attached hydrogens (tertiary/aromatic N) is 4. The SMILES string of the molecule is CCN1CCN(c2ccc(Nc3ncc(CCc4cc(C(=O)COC)cc5occc45)cn3)cc2)CC1. The molecule has 0 unspecified atom stereocenters. The minimum absolute atomic E-state index is 0.0483. The number of anilines is 3. The van der Waals surface area contributed by atoms with Gasteiger partial charge in [-0.3, -0.25) is 4.79 Å². The van der Waals surface area contributed by atoms with Crippen molar-refractivity contribution in [1.82, 2.24) is 14.9 Å². The van der Waals surface area contributed by atoms with Gasteiger partial charge in [-0.2, -0.15) is 0 Å². The molecule has 1 fully saturated rings. The summed E-state index contributed by atoms with van der Waals surface area (Å²) in [6, 6.07) is 14.1. The number of ether oxygens (including phenoxy) is 1. The van der Waals surface area contributed by atoms with Crippen LogP contribution in [0.4, 0.5) is 17.3 Å². The van der Waals surface area contributed by atoms with Gasteiger partial charge in [0.1, 0.15) is 12.2 Å². The molecule has 8 heteroatoms. The molecule has 37 heavy (non-hydrogen) atoms. The Balaban J connectivity index is 1.19. The van der Waals surface area contributed by atoms with E-state index in [2.05, 4.69) is 56.3 Å². The van der Waals surface area contributed by atoms with E-state index >= 15 is 0 Å². The van der Waals surface area contributed by atoms with E-state index in [1.807, 2.05) is 24.5 Å². The topological polar surface area (TPSA) is 83.7 Å². The van der Waals surface area contributed by atoms with Gasteiger partial charge in [-0.1, -0.05) is 6.92 Å². The van der Waals surface area contributed by atoms with Gasteiger partial charge in [0.2, 0.25) is 5.95 Å². The second-order valence-corrected chi connectivity index (χ2v) is 9.33. The van der Waals surface area contributed by atoms with Gasteiger partial charge >= 0.3 is 0 Å². The monoisotopic (exact) mass is 499 g/mol. The zero-order valence-electron chi connectivity index (χ0n) is 21.4. The number of carbonyl (C=O) groups excluding carboxylic acids is 1. The number of Topliss-reactive ketones (excluding diaryl/α,β-unsaturated/α-hetero) is 1. The van der Waals surface area contributed by atoms with Gasteiger partial charge < -0.3 is 24.3 Å². The molecule has 1 aliphatic heterocycles. The predicted molar refractivity (Wildman–Crippen MR) is 146 cm³/mol. The molecule has 1 saturated heterocycles. The van der Waals surface area contributed by atoms with Crippen molar-refractivity contribution in [2.24, 2.45) is 0 Å². The Morgan fingerprint density at radius 3 is 2.49 bits per heavy atom. The Labute approximate surface area is 217 Å². The highest BCUT2D eigenvalue weighted by Gasteiger charge is 2.16. The molecular formula is C29H33N5O3. The summed E-state index contributed by atoms with van der Waals surface area (Å²) in [4.78, 5) is 26.3. The lowest BCUT2D eigenvalue weighted by Gasteiger charge is -2.35. The summed E-state index contributed by atoms with van der Waals surface area (Å²) in [5.74, 6) is 0.505. The molecule has 2 aromatic carbocycles. The van der Waals surface area contributed by atoms with Gasteiger partial charge in [0, 0.05) is 68.0 Å². The van der Waals surface area contributed by atoms with Crippen molar-refractivity contribution in [2.45, 2.75) is 19.8 Å². The van der Waals surface area contributed by atoms with E-state index in [-0.39, 0.29) is 12.4 Å². The summed E-state index contributed by atoms with van der Waals surface area (Å²) in [5.41, 5.74) is 5.61. The number of fused-ring (bicyclic) bond motifs is 1. The molecule has 4 aromatic rings. The summed E-state index contributed by atoms with van der Waals surface area (Å²) in [6.45, 7) is 7.73. The fraction of sp³-hybridized carbons (Fsp3) is 0.345. The highest BCUT2D eigenvalue weighted by atomic mass is 16.5. The maximum atomic E-state index is 12.3. The van der Waals surface area contributed by atoms with Crippen LogP contribution in [0.5, 0.6) is 0 Å². The molecule has 1 N–H and O–H groups in total. The molecule has 0 bridgehead atoms. The van der Waals surface area contributed by atoms with E-state index in [0.717, 1.165) is 67.8 Å². The van der Waals surface area contributed by atoms with Gasteiger partial charge in [-0.25, -0.2) is 9.97 Å². The van der Waals surface area contributed by atoms with E-state index in [9.17, 15) is 4.79 Å². The van der Waals surface area contributed by atoms with Gasteiger partial charge in [0.05, 0.1) is 6.26 Å². The summed E-state index contributed by atoms with van der Waals surface area (Å²) in [7, 11) is 1.52. The van der Waals surface area contributed by atoms with Crippen LogP contribution in [0.25, 0.3) is 11.0 Å². The summed E-state index contributed by atoms with van der Waals surface area (Å²) in [5, 5.41) is 4.31. The van der Waals surface area contributed by atoms with Crippen LogP contribution in [0.2, 0.25) is 0 Å². The molecule has 5 rings (SSSR count). The molecule has 0 saturated carbocycles. The maximum absolute atomic E-state index is 12.3. The van der Waals surface area contributed by atoms with Crippen LogP contribution in [0.3, 0.4) is 0 Å². The van der Waals surface area contributed by atoms with Crippen molar-refractivity contribution in [3.05, 3.63) is 77.8 Å². The van der Waals surface area contributed by atoms with Crippen molar-refractivity contribution >= 4 is 34.1 Å².